The van der Waals surface area contributed by atoms with Gasteiger partial charge in [-0.05, 0) is 37.1 Å². The van der Waals surface area contributed by atoms with Gasteiger partial charge >= 0.3 is 6.18 Å². The molecule has 0 saturated heterocycles. The topological polar surface area (TPSA) is 66.9 Å². The molecule has 1 fully saturated rings. The van der Waals surface area contributed by atoms with Crippen LogP contribution < -0.4 is 10.6 Å². The summed E-state index contributed by atoms with van der Waals surface area (Å²) in [6.45, 7) is 0. The Bertz CT molecular complexity index is 787. The van der Waals surface area contributed by atoms with Gasteiger partial charge in [-0.2, -0.15) is 13.2 Å². The van der Waals surface area contributed by atoms with Gasteiger partial charge in [0.05, 0.1) is 5.56 Å². The zero-order valence-electron chi connectivity index (χ0n) is 14.7. The van der Waals surface area contributed by atoms with Crippen LogP contribution in [0.3, 0.4) is 0 Å². The first-order chi connectivity index (χ1) is 12.9. The van der Waals surface area contributed by atoms with Gasteiger partial charge in [-0.25, -0.2) is 9.97 Å². The number of halogens is 3. The van der Waals surface area contributed by atoms with E-state index in [4.69, 9.17) is 0 Å². The molecule has 1 saturated carbocycles. The molecule has 1 aromatic heterocycles. The fraction of sp³-hybridized carbons (Fsp3) is 0.421. The molecule has 1 amide bonds. The summed E-state index contributed by atoms with van der Waals surface area (Å²) in [4.78, 5) is 20.6. The molecule has 1 aliphatic carbocycles. The van der Waals surface area contributed by atoms with Gasteiger partial charge in [0.15, 0.2) is 0 Å². The molecule has 0 aliphatic heterocycles. The molecule has 0 bridgehead atoms. The molecule has 2 aromatic rings. The van der Waals surface area contributed by atoms with Gasteiger partial charge in [0.25, 0.3) is 5.91 Å². The van der Waals surface area contributed by atoms with E-state index in [9.17, 15) is 18.0 Å². The van der Waals surface area contributed by atoms with Crippen LogP contribution in [0.15, 0.2) is 36.5 Å². The quantitative estimate of drug-likeness (QED) is 0.758. The smallest absolute Gasteiger partial charge is 0.348 e. The number of amides is 1. The molecular weight excluding hydrogens is 357 g/mol. The summed E-state index contributed by atoms with van der Waals surface area (Å²) < 4.78 is 38.4. The number of benzene rings is 1. The number of hydrogen-bond donors (Lipinski definition) is 2. The van der Waals surface area contributed by atoms with Crippen LogP contribution in [0.5, 0.6) is 0 Å². The van der Waals surface area contributed by atoms with E-state index in [0.717, 1.165) is 37.8 Å². The summed E-state index contributed by atoms with van der Waals surface area (Å²) in [6, 6.07) is 6.37. The highest BCUT2D eigenvalue weighted by Gasteiger charge is 2.30. The molecule has 1 heterocycles. The van der Waals surface area contributed by atoms with Crippen molar-refractivity contribution >= 4 is 17.5 Å². The Balaban J connectivity index is 1.69. The third kappa shape index (κ3) is 5.42. The Morgan fingerprint density at radius 3 is 2.52 bits per heavy atom. The van der Waals surface area contributed by atoms with E-state index >= 15 is 0 Å². The summed E-state index contributed by atoms with van der Waals surface area (Å²) in [5.74, 6) is -0.223. The average Bonchev–Trinajstić information content (AvgIpc) is 2.90. The second-order valence-corrected chi connectivity index (χ2v) is 6.63. The van der Waals surface area contributed by atoms with Gasteiger partial charge in [-0.3, -0.25) is 4.79 Å². The van der Waals surface area contributed by atoms with Crippen LogP contribution in [-0.2, 0) is 6.18 Å². The molecule has 27 heavy (non-hydrogen) atoms. The van der Waals surface area contributed by atoms with E-state index in [1.807, 2.05) is 0 Å². The maximum Gasteiger partial charge on any atom is 0.416 e. The number of anilines is 2. The van der Waals surface area contributed by atoms with Crippen LogP contribution in [0, 0.1) is 0 Å². The van der Waals surface area contributed by atoms with Crippen molar-refractivity contribution in [1.29, 1.82) is 0 Å². The van der Waals surface area contributed by atoms with Crippen molar-refractivity contribution in [1.82, 2.24) is 15.3 Å². The van der Waals surface area contributed by atoms with E-state index < -0.39 is 11.7 Å². The molecule has 8 heteroatoms. The molecule has 1 aliphatic rings. The van der Waals surface area contributed by atoms with Gasteiger partial charge in [0, 0.05) is 17.9 Å². The monoisotopic (exact) mass is 378 g/mol. The Morgan fingerprint density at radius 1 is 1.07 bits per heavy atom. The lowest BCUT2D eigenvalue weighted by Gasteiger charge is -2.16. The first-order valence-corrected chi connectivity index (χ1v) is 9.00. The summed E-state index contributed by atoms with van der Waals surface area (Å²) in [5, 5.41) is 5.71. The third-order valence-electron chi connectivity index (χ3n) is 4.52. The highest BCUT2D eigenvalue weighted by atomic mass is 19.4. The molecule has 5 nitrogen and oxygen atoms in total. The lowest BCUT2D eigenvalue weighted by Crippen LogP contribution is -2.35. The molecule has 0 unspecified atom stereocenters. The van der Waals surface area contributed by atoms with Crippen LogP contribution in [-0.4, -0.2) is 21.9 Å². The van der Waals surface area contributed by atoms with Crippen LogP contribution in [0.4, 0.5) is 24.8 Å². The number of hydrogen-bond acceptors (Lipinski definition) is 4. The van der Waals surface area contributed by atoms with Gasteiger partial charge in [0.1, 0.15) is 5.69 Å². The fourth-order valence-corrected chi connectivity index (χ4v) is 3.13. The highest BCUT2D eigenvalue weighted by molar-refractivity contribution is 5.92. The molecule has 0 atom stereocenters. The number of aromatic nitrogens is 2. The van der Waals surface area contributed by atoms with Gasteiger partial charge in [0.2, 0.25) is 5.95 Å². The second kappa shape index (κ2) is 8.37. The molecule has 0 radical (unpaired) electrons. The predicted octanol–water partition coefficient (Wildman–Crippen LogP) is 4.69. The summed E-state index contributed by atoms with van der Waals surface area (Å²) in [6.07, 6.45) is 3.44. The van der Waals surface area contributed by atoms with Crippen molar-refractivity contribution in [3.05, 3.63) is 47.8 Å². The van der Waals surface area contributed by atoms with Crippen LogP contribution >= 0.6 is 0 Å². The van der Waals surface area contributed by atoms with E-state index in [1.54, 1.807) is 0 Å². The van der Waals surface area contributed by atoms with Gasteiger partial charge < -0.3 is 10.6 Å². The van der Waals surface area contributed by atoms with E-state index in [2.05, 4.69) is 20.6 Å². The van der Waals surface area contributed by atoms with Crippen LogP contribution in [0.1, 0.15) is 54.6 Å². The van der Waals surface area contributed by atoms with Crippen molar-refractivity contribution < 1.29 is 18.0 Å². The summed E-state index contributed by atoms with van der Waals surface area (Å²) >= 11 is 0. The first kappa shape index (κ1) is 19.1. The minimum absolute atomic E-state index is 0.0721. The van der Waals surface area contributed by atoms with E-state index in [1.165, 1.54) is 37.2 Å². The van der Waals surface area contributed by atoms with Crippen molar-refractivity contribution in [2.45, 2.75) is 50.7 Å². The number of carbonyl (C=O) groups excluding carboxylic acids is 1. The lowest BCUT2D eigenvalue weighted by molar-refractivity contribution is -0.137. The molecule has 3 rings (SSSR count). The summed E-state index contributed by atoms with van der Waals surface area (Å²) in [7, 11) is 0. The Kier molecular flexibility index (Phi) is 5.93. The molecule has 144 valence electrons. The van der Waals surface area contributed by atoms with Crippen molar-refractivity contribution in [2.24, 2.45) is 0 Å². The average molecular weight is 378 g/mol. The normalized spacial score (nSPS) is 15.8. The van der Waals surface area contributed by atoms with Gasteiger partial charge in [-0.1, -0.05) is 31.7 Å². The largest absolute Gasteiger partial charge is 0.416 e. The number of rotatable bonds is 4. The van der Waals surface area contributed by atoms with Crippen LogP contribution in [0.2, 0.25) is 0 Å². The number of nitrogens with one attached hydrogen (secondary N) is 2. The van der Waals surface area contributed by atoms with Crippen molar-refractivity contribution in [2.75, 3.05) is 5.32 Å². The maximum atomic E-state index is 12.8. The third-order valence-corrected chi connectivity index (χ3v) is 4.52. The number of carbonyl (C=O) groups is 1. The minimum atomic E-state index is -4.43. The molecule has 1 aromatic carbocycles. The lowest BCUT2D eigenvalue weighted by atomic mass is 10.1. The minimum Gasteiger partial charge on any atom is -0.348 e. The Hall–Kier alpha value is -2.64. The van der Waals surface area contributed by atoms with Crippen molar-refractivity contribution in [3.8, 4) is 0 Å². The SMILES string of the molecule is O=C(NC1CCCCCC1)c1ccnc(Nc2cccc(C(F)(F)F)c2)n1. The maximum absolute atomic E-state index is 12.8. The number of alkyl halides is 3. The predicted molar refractivity (Wildman–Crippen MR) is 95.7 cm³/mol. The summed E-state index contributed by atoms with van der Waals surface area (Å²) in [5.41, 5.74) is -0.385. The Morgan fingerprint density at radius 2 is 1.81 bits per heavy atom. The molecule has 0 spiro atoms. The first-order valence-electron chi connectivity index (χ1n) is 9.00. The zero-order chi connectivity index (χ0) is 19.3. The van der Waals surface area contributed by atoms with E-state index in [-0.39, 0.29) is 29.3 Å². The van der Waals surface area contributed by atoms with Gasteiger partial charge in [-0.15, -0.1) is 0 Å². The van der Waals surface area contributed by atoms with Crippen LogP contribution in [0.25, 0.3) is 0 Å². The Labute approximate surface area is 155 Å². The highest BCUT2D eigenvalue weighted by Crippen LogP contribution is 2.31. The van der Waals surface area contributed by atoms with Crippen molar-refractivity contribution in [3.63, 3.8) is 0 Å². The fourth-order valence-electron chi connectivity index (χ4n) is 3.13. The number of nitrogens with zero attached hydrogens (tertiary/aromatic N) is 2. The second-order valence-electron chi connectivity index (χ2n) is 6.63. The van der Waals surface area contributed by atoms with E-state index in [0.29, 0.717) is 0 Å². The standard InChI is InChI=1S/C19H21F3N4O/c20-19(21,22)13-6-5-9-15(12-13)25-18-23-11-10-16(26-18)17(27)24-14-7-3-1-2-4-8-14/h5-6,9-12,14H,1-4,7-8H2,(H,24,27)(H,23,25,26). The zero-order valence-corrected chi connectivity index (χ0v) is 14.7. The molecular formula is C19H21F3N4O. The molecule has 2 N–H and O–H groups in total.